The summed E-state index contributed by atoms with van der Waals surface area (Å²) in [6.07, 6.45) is 2.81. The predicted octanol–water partition coefficient (Wildman–Crippen LogP) is 4.17. The average molecular weight is 410 g/mol. The first-order valence-electron chi connectivity index (χ1n) is 6.75. The van der Waals surface area contributed by atoms with Gasteiger partial charge in [-0.3, -0.25) is 14.9 Å². The minimum atomic E-state index is -0.658. The molecule has 1 heterocycles. The van der Waals surface area contributed by atoms with Crippen LogP contribution in [0.3, 0.4) is 0 Å². The van der Waals surface area contributed by atoms with Gasteiger partial charge < -0.3 is 4.74 Å². The third-order valence-corrected chi connectivity index (χ3v) is 4.64. The quantitative estimate of drug-likeness (QED) is 0.235. The number of nitro groups is 1. The van der Waals surface area contributed by atoms with Gasteiger partial charge in [0, 0.05) is 28.1 Å². The largest absolute Gasteiger partial charge is 0.454 e. The molecule has 2 aromatic rings. The number of carbonyl (C=O) groups is 2. The Bertz CT molecular complexity index is 828. The summed E-state index contributed by atoms with van der Waals surface area (Å²) in [6.45, 7) is 1.11. The first kappa shape index (κ1) is 18.0. The van der Waals surface area contributed by atoms with Gasteiger partial charge in [-0.15, -0.1) is 11.3 Å². The van der Waals surface area contributed by atoms with Crippen LogP contribution in [0.15, 0.2) is 40.2 Å². The molecule has 24 heavy (non-hydrogen) atoms. The minimum Gasteiger partial charge on any atom is -0.454 e. The van der Waals surface area contributed by atoms with E-state index in [1.54, 1.807) is 13.0 Å². The molecule has 2 rings (SSSR count). The van der Waals surface area contributed by atoms with E-state index >= 15 is 0 Å². The Morgan fingerprint density at radius 3 is 2.71 bits per heavy atom. The lowest BCUT2D eigenvalue weighted by molar-refractivity contribution is -0.385. The second-order valence-corrected chi connectivity index (χ2v) is 7.26. The fourth-order valence-electron chi connectivity index (χ4n) is 1.82. The summed E-state index contributed by atoms with van der Waals surface area (Å²) >= 11 is 4.76. The van der Waals surface area contributed by atoms with Gasteiger partial charge in [-0.1, -0.05) is 12.1 Å². The number of esters is 1. The summed E-state index contributed by atoms with van der Waals surface area (Å²) < 4.78 is 5.80. The standard InChI is InChI=1S/C16H12BrNO5S/c1-10-2-3-11(8-13(10)18(21)22)14(19)9-23-16(20)7-5-12-4-6-15(17)24-12/h2-8H,9H2,1H3/b7-5+. The fourth-order valence-corrected chi connectivity index (χ4v) is 3.14. The van der Waals surface area contributed by atoms with Gasteiger partial charge in [-0.25, -0.2) is 4.79 Å². The molecule has 0 spiro atoms. The zero-order valence-electron chi connectivity index (χ0n) is 12.5. The predicted molar refractivity (Wildman–Crippen MR) is 94.2 cm³/mol. The molecule has 8 heteroatoms. The van der Waals surface area contributed by atoms with Crippen molar-refractivity contribution >= 4 is 50.8 Å². The molecule has 0 N–H and O–H groups in total. The van der Waals surface area contributed by atoms with Gasteiger partial charge in [-0.2, -0.15) is 0 Å². The molecule has 1 aromatic heterocycles. The number of hydrogen-bond acceptors (Lipinski definition) is 6. The van der Waals surface area contributed by atoms with E-state index in [-0.39, 0.29) is 11.3 Å². The molecule has 0 saturated carbocycles. The number of carbonyl (C=O) groups excluding carboxylic acids is 2. The van der Waals surface area contributed by atoms with Crippen molar-refractivity contribution in [2.24, 2.45) is 0 Å². The number of nitrogens with zero attached hydrogens (tertiary/aromatic N) is 1. The van der Waals surface area contributed by atoms with Crippen LogP contribution in [0.25, 0.3) is 6.08 Å². The third-order valence-electron chi connectivity index (χ3n) is 3.05. The van der Waals surface area contributed by atoms with E-state index in [1.807, 2.05) is 12.1 Å². The smallest absolute Gasteiger partial charge is 0.331 e. The lowest BCUT2D eigenvalue weighted by atomic mass is 10.1. The van der Waals surface area contributed by atoms with Crippen LogP contribution in [0.1, 0.15) is 20.8 Å². The maximum Gasteiger partial charge on any atom is 0.331 e. The molecular weight excluding hydrogens is 398 g/mol. The third kappa shape index (κ3) is 4.84. The molecule has 0 fully saturated rings. The molecule has 0 bridgehead atoms. The molecule has 0 saturated heterocycles. The van der Waals surface area contributed by atoms with E-state index < -0.39 is 23.3 Å². The highest BCUT2D eigenvalue weighted by atomic mass is 79.9. The van der Waals surface area contributed by atoms with Gasteiger partial charge in [-0.05, 0) is 41.1 Å². The molecule has 0 radical (unpaired) electrons. The van der Waals surface area contributed by atoms with Crippen LogP contribution in [0.4, 0.5) is 5.69 Å². The number of hydrogen-bond donors (Lipinski definition) is 0. The molecule has 0 aliphatic carbocycles. The van der Waals surface area contributed by atoms with Gasteiger partial charge in [0.2, 0.25) is 5.78 Å². The molecule has 0 amide bonds. The molecule has 0 aliphatic rings. The first-order chi connectivity index (χ1) is 11.4. The van der Waals surface area contributed by atoms with E-state index in [0.717, 1.165) is 8.66 Å². The minimum absolute atomic E-state index is 0.131. The highest BCUT2D eigenvalue weighted by molar-refractivity contribution is 9.11. The Morgan fingerprint density at radius 1 is 1.33 bits per heavy atom. The van der Waals surface area contributed by atoms with Crippen molar-refractivity contribution in [1.82, 2.24) is 0 Å². The van der Waals surface area contributed by atoms with Gasteiger partial charge >= 0.3 is 5.97 Å². The second-order valence-electron chi connectivity index (χ2n) is 4.76. The van der Waals surface area contributed by atoms with Crippen LogP contribution in [0.5, 0.6) is 0 Å². The highest BCUT2D eigenvalue weighted by Crippen LogP contribution is 2.23. The van der Waals surface area contributed by atoms with Crippen molar-refractivity contribution in [3.8, 4) is 0 Å². The van der Waals surface area contributed by atoms with Gasteiger partial charge in [0.15, 0.2) is 6.61 Å². The number of thiophene rings is 1. The second kappa shape index (κ2) is 7.98. The first-order valence-corrected chi connectivity index (χ1v) is 8.36. The van der Waals surface area contributed by atoms with Gasteiger partial charge in [0.25, 0.3) is 5.69 Å². The van der Waals surface area contributed by atoms with Crippen LogP contribution < -0.4 is 0 Å². The Hall–Kier alpha value is -2.32. The molecule has 1 aromatic carbocycles. The van der Waals surface area contributed by atoms with Crippen LogP contribution in [0, 0.1) is 17.0 Å². The molecule has 0 unspecified atom stereocenters. The number of nitro benzene ring substituents is 1. The number of halogens is 1. The summed E-state index contributed by atoms with van der Waals surface area (Å²) in [6, 6.07) is 7.82. The fraction of sp³-hybridized carbons (Fsp3) is 0.125. The van der Waals surface area contributed by atoms with Crippen molar-refractivity contribution < 1.29 is 19.2 Å². The highest BCUT2D eigenvalue weighted by Gasteiger charge is 2.15. The van der Waals surface area contributed by atoms with E-state index in [2.05, 4.69) is 15.9 Å². The van der Waals surface area contributed by atoms with Crippen molar-refractivity contribution in [2.75, 3.05) is 6.61 Å². The normalized spacial score (nSPS) is 10.8. The number of ketones is 1. The zero-order chi connectivity index (χ0) is 17.7. The number of aryl methyl sites for hydroxylation is 1. The molecule has 0 aliphatic heterocycles. The number of benzene rings is 1. The molecule has 0 atom stereocenters. The van der Waals surface area contributed by atoms with Gasteiger partial charge in [0.05, 0.1) is 8.71 Å². The Balaban J connectivity index is 1.95. The number of ether oxygens (including phenoxy) is 1. The lowest BCUT2D eigenvalue weighted by Crippen LogP contribution is -2.13. The van der Waals surface area contributed by atoms with E-state index in [0.29, 0.717) is 5.56 Å². The molecular formula is C16H12BrNO5S. The molecule has 124 valence electrons. The van der Waals surface area contributed by atoms with Crippen molar-refractivity contribution in [2.45, 2.75) is 6.92 Å². The van der Waals surface area contributed by atoms with Crippen molar-refractivity contribution in [3.63, 3.8) is 0 Å². The summed E-state index contributed by atoms with van der Waals surface area (Å²) in [4.78, 5) is 34.8. The van der Waals surface area contributed by atoms with E-state index in [1.165, 1.54) is 35.6 Å². The van der Waals surface area contributed by atoms with Crippen molar-refractivity contribution in [1.29, 1.82) is 0 Å². The summed E-state index contributed by atoms with van der Waals surface area (Å²) in [7, 11) is 0. The van der Waals surface area contributed by atoms with Crippen LogP contribution >= 0.6 is 27.3 Å². The number of rotatable bonds is 6. The SMILES string of the molecule is Cc1ccc(C(=O)COC(=O)/C=C/c2ccc(Br)s2)cc1[N+](=O)[O-]. The zero-order valence-corrected chi connectivity index (χ0v) is 14.9. The summed E-state index contributed by atoms with van der Waals surface area (Å²) in [5.41, 5.74) is 0.445. The van der Waals surface area contributed by atoms with Crippen LogP contribution in [0.2, 0.25) is 0 Å². The Morgan fingerprint density at radius 2 is 2.08 bits per heavy atom. The van der Waals surface area contributed by atoms with Crippen LogP contribution in [-0.4, -0.2) is 23.3 Å². The summed E-state index contributed by atoms with van der Waals surface area (Å²) in [5, 5.41) is 10.9. The lowest BCUT2D eigenvalue weighted by Gasteiger charge is -2.03. The van der Waals surface area contributed by atoms with E-state index in [4.69, 9.17) is 4.74 Å². The monoisotopic (exact) mass is 409 g/mol. The van der Waals surface area contributed by atoms with Gasteiger partial charge in [0.1, 0.15) is 0 Å². The topological polar surface area (TPSA) is 86.5 Å². The van der Waals surface area contributed by atoms with E-state index in [9.17, 15) is 19.7 Å². The molecule has 6 nitrogen and oxygen atoms in total. The maximum absolute atomic E-state index is 12.0. The average Bonchev–Trinajstić information content (AvgIpc) is 2.96. The van der Waals surface area contributed by atoms with Crippen molar-refractivity contribution in [3.05, 3.63) is 66.3 Å². The summed E-state index contributed by atoms with van der Waals surface area (Å²) in [5.74, 6) is -1.16. The number of Topliss-reactive ketones (excluding diaryl/α,β-unsaturated/α-hetero) is 1. The Labute approximate surface area is 150 Å². The Kier molecular flexibility index (Phi) is 5.99. The maximum atomic E-state index is 12.0. The van der Waals surface area contributed by atoms with Crippen LogP contribution in [-0.2, 0) is 9.53 Å².